The molecule has 8 heteroatoms. The molecule has 148 valence electrons. The Morgan fingerprint density at radius 3 is 2.63 bits per heavy atom. The number of likely N-dealkylation sites (tertiary alicyclic amines) is 1. The number of carbonyl (C=O) groups excluding carboxylic acids is 1. The molecular formula is C19H26N2O6. The minimum Gasteiger partial charge on any atom is -0.480 e. The standard InChI is InChI=1S/C19H26N2O6/c1-6-10-20-14(22)8-7-9-15(20)26-13-11-19(5,16(23)24)21(12-13)17(25)27-18(2,3)4/h6-9,13H,1,10-12H2,2-5H3,(H,23,24)/t13-,19+/m1/s1. The van der Waals surface area contributed by atoms with E-state index >= 15 is 0 Å². The minimum atomic E-state index is -1.47. The lowest BCUT2D eigenvalue weighted by Gasteiger charge is -2.32. The van der Waals surface area contributed by atoms with Crippen LogP contribution in [0.1, 0.15) is 34.1 Å². The molecule has 1 aromatic rings. The molecule has 1 fully saturated rings. The van der Waals surface area contributed by atoms with Crippen LogP contribution in [0, 0.1) is 0 Å². The van der Waals surface area contributed by atoms with E-state index in [0.717, 1.165) is 0 Å². The van der Waals surface area contributed by atoms with E-state index in [4.69, 9.17) is 9.47 Å². The maximum absolute atomic E-state index is 12.5. The molecule has 27 heavy (non-hydrogen) atoms. The Labute approximate surface area is 158 Å². The molecule has 0 bridgehead atoms. The average molecular weight is 378 g/mol. The topological polar surface area (TPSA) is 98.1 Å². The van der Waals surface area contributed by atoms with Crippen molar-refractivity contribution in [2.75, 3.05) is 6.54 Å². The van der Waals surface area contributed by atoms with E-state index < -0.39 is 29.3 Å². The monoisotopic (exact) mass is 378 g/mol. The van der Waals surface area contributed by atoms with E-state index in [-0.39, 0.29) is 25.1 Å². The SMILES string of the molecule is C=CCn1c(O[C@H]2CN(C(=O)OC(C)(C)C)[C@](C)(C(=O)O)C2)cccc1=O. The van der Waals surface area contributed by atoms with Gasteiger partial charge in [0.1, 0.15) is 17.2 Å². The van der Waals surface area contributed by atoms with Crippen LogP contribution in [0.4, 0.5) is 4.79 Å². The van der Waals surface area contributed by atoms with Gasteiger partial charge in [0.15, 0.2) is 5.88 Å². The summed E-state index contributed by atoms with van der Waals surface area (Å²) < 4.78 is 12.6. The van der Waals surface area contributed by atoms with Crippen LogP contribution in [-0.2, 0) is 16.1 Å². The maximum atomic E-state index is 12.5. The van der Waals surface area contributed by atoms with Crippen LogP contribution in [0.2, 0.25) is 0 Å². The first-order valence-electron chi connectivity index (χ1n) is 8.69. The van der Waals surface area contributed by atoms with Crippen molar-refractivity contribution in [3.8, 4) is 5.88 Å². The molecule has 0 aromatic carbocycles. The van der Waals surface area contributed by atoms with Gasteiger partial charge in [0.25, 0.3) is 5.56 Å². The van der Waals surface area contributed by atoms with Gasteiger partial charge in [-0.15, -0.1) is 6.58 Å². The summed E-state index contributed by atoms with van der Waals surface area (Å²) in [5.41, 5.74) is -2.47. The third-order valence-corrected chi connectivity index (χ3v) is 4.29. The van der Waals surface area contributed by atoms with Crippen molar-refractivity contribution in [1.82, 2.24) is 9.47 Å². The largest absolute Gasteiger partial charge is 0.480 e. The third kappa shape index (κ3) is 4.50. The average Bonchev–Trinajstić information content (AvgIpc) is 2.87. The number of nitrogens with zero attached hydrogens (tertiary/aromatic N) is 2. The second-order valence-corrected chi connectivity index (χ2v) is 7.72. The van der Waals surface area contributed by atoms with Crippen molar-refractivity contribution in [3.63, 3.8) is 0 Å². The Bertz CT molecular complexity index is 794. The van der Waals surface area contributed by atoms with Gasteiger partial charge in [0, 0.05) is 19.0 Å². The molecule has 2 atom stereocenters. The fourth-order valence-corrected chi connectivity index (χ4v) is 2.98. The Morgan fingerprint density at radius 2 is 2.07 bits per heavy atom. The first-order valence-corrected chi connectivity index (χ1v) is 8.69. The molecular weight excluding hydrogens is 352 g/mol. The Morgan fingerprint density at radius 1 is 1.41 bits per heavy atom. The minimum absolute atomic E-state index is 0.0366. The van der Waals surface area contributed by atoms with Gasteiger partial charge in [-0.25, -0.2) is 9.59 Å². The number of amides is 1. The van der Waals surface area contributed by atoms with Gasteiger partial charge in [-0.2, -0.15) is 0 Å². The number of allylic oxidation sites excluding steroid dienone is 1. The van der Waals surface area contributed by atoms with E-state index in [1.54, 1.807) is 39.0 Å². The molecule has 0 unspecified atom stereocenters. The Hall–Kier alpha value is -2.77. The summed E-state index contributed by atoms with van der Waals surface area (Å²) in [5.74, 6) is -0.845. The first kappa shape index (κ1) is 20.5. The van der Waals surface area contributed by atoms with E-state index in [1.165, 1.54) is 22.5 Å². The predicted molar refractivity (Wildman–Crippen MR) is 98.9 cm³/mol. The zero-order valence-corrected chi connectivity index (χ0v) is 16.1. The molecule has 8 nitrogen and oxygen atoms in total. The quantitative estimate of drug-likeness (QED) is 0.789. The number of ether oxygens (including phenoxy) is 2. The number of aromatic nitrogens is 1. The lowest BCUT2D eigenvalue weighted by atomic mass is 9.99. The van der Waals surface area contributed by atoms with Crippen LogP contribution in [-0.4, -0.2) is 50.4 Å². The summed E-state index contributed by atoms with van der Waals surface area (Å²) in [6, 6.07) is 4.59. The molecule has 1 aliphatic rings. The van der Waals surface area contributed by atoms with E-state index in [9.17, 15) is 19.5 Å². The summed E-state index contributed by atoms with van der Waals surface area (Å²) in [6.07, 6.45) is 0.322. The Balaban J connectivity index is 2.28. The zero-order valence-electron chi connectivity index (χ0n) is 16.1. The van der Waals surface area contributed by atoms with Crippen LogP contribution in [0.25, 0.3) is 0 Å². The molecule has 0 saturated carbocycles. The maximum Gasteiger partial charge on any atom is 0.411 e. The fourth-order valence-electron chi connectivity index (χ4n) is 2.98. The summed E-state index contributed by atoms with van der Waals surface area (Å²) in [6.45, 7) is 10.5. The van der Waals surface area contributed by atoms with E-state index in [0.29, 0.717) is 5.88 Å². The Kier molecular flexibility index (Phi) is 5.67. The molecule has 0 spiro atoms. The van der Waals surface area contributed by atoms with Gasteiger partial charge < -0.3 is 14.6 Å². The van der Waals surface area contributed by atoms with Gasteiger partial charge >= 0.3 is 12.1 Å². The number of aliphatic carboxylic acids is 1. The van der Waals surface area contributed by atoms with Gasteiger partial charge in [0.2, 0.25) is 0 Å². The van der Waals surface area contributed by atoms with Crippen molar-refractivity contribution in [1.29, 1.82) is 0 Å². The molecule has 2 rings (SSSR count). The molecule has 1 aromatic heterocycles. The highest BCUT2D eigenvalue weighted by Crippen LogP contribution is 2.33. The molecule has 1 amide bonds. The fraction of sp³-hybridized carbons (Fsp3) is 0.526. The number of rotatable bonds is 5. The summed E-state index contributed by atoms with van der Waals surface area (Å²) >= 11 is 0. The number of hydrogen-bond acceptors (Lipinski definition) is 5. The highest BCUT2D eigenvalue weighted by atomic mass is 16.6. The van der Waals surface area contributed by atoms with Crippen LogP contribution in [0.3, 0.4) is 0 Å². The van der Waals surface area contributed by atoms with Crippen LogP contribution in [0.5, 0.6) is 5.88 Å². The number of carboxylic acid groups (broad SMARTS) is 1. The zero-order chi connectivity index (χ0) is 20.4. The van der Waals surface area contributed by atoms with Crippen molar-refractivity contribution >= 4 is 12.1 Å². The summed E-state index contributed by atoms with van der Waals surface area (Å²) in [5, 5.41) is 9.68. The normalized spacial score (nSPS) is 22.4. The van der Waals surface area contributed by atoms with Gasteiger partial charge in [-0.05, 0) is 33.8 Å². The third-order valence-electron chi connectivity index (χ3n) is 4.29. The lowest BCUT2D eigenvalue weighted by molar-refractivity contribution is -0.148. The highest BCUT2D eigenvalue weighted by molar-refractivity contribution is 5.85. The van der Waals surface area contributed by atoms with Crippen LogP contribution >= 0.6 is 0 Å². The summed E-state index contributed by atoms with van der Waals surface area (Å²) in [7, 11) is 0. The van der Waals surface area contributed by atoms with Crippen LogP contribution in [0.15, 0.2) is 35.6 Å². The van der Waals surface area contributed by atoms with Crippen molar-refractivity contribution < 1.29 is 24.2 Å². The van der Waals surface area contributed by atoms with Crippen molar-refractivity contribution in [2.45, 2.75) is 57.9 Å². The number of carbonyl (C=O) groups is 2. The molecule has 0 radical (unpaired) electrons. The smallest absolute Gasteiger partial charge is 0.411 e. The molecule has 1 aliphatic heterocycles. The number of carboxylic acids is 1. The molecule has 0 aliphatic carbocycles. The molecule has 2 heterocycles. The molecule has 1 N–H and O–H groups in total. The van der Waals surface area contributed by atoms with Gasteiger partial charge in [0.05, 0.1) is 6.54 Å². The second-order valence-electron chi connectivity index (χ2n) is 7.72. The van der Waals surface area contributed by atoms with Crippen molar-refractivity contribution in [3.05, 3.63) is 41.2 Å². The number of hydrogen-bond donors (Lipinski definition) is 1. The lowest BCUT2D eigenvalue weighted by Crippen LogP contribution is -2.52. The van der Waals surface area contributed by atoms with Gasteiger partial charge in [-0.1, -0.05) is 12.1 Å². The highest BCUT2D eigenvalue weighted by Gasteiger charge is 2.52. The second kappa shape index (κ2) is 7.46. The molecule has 1 saturated heterocycles. The van der Waals surface area contributed by atoms with Crippen LogP contribution < -0.4 is 10.3 Å². The predicted octanol–water partition coefficient (Wildman–Crippen LogP) is 2.27. The van der Waals surface area contributed by atoms with E-state index in [2.05, 4.69) is 6.58 Å². The first-order chi connectivity index (χ1) is 12.5. The van der Waals surface area contributed by atoms with E-state index in [1.807, 2.05) is 0 Å². The number of pyridine rings is 1. The van der Waals surface area contributed by atoms with Gasteiger partial charge in [-0.3, -0.25) is 14.3 Å². The summed E-state index contributed by atoms with van der Waals surface area (Å²) in [4.78, 5) is 37.6. The van der Waals surface area contributed by atoms with Crippen molar-refractivity contribution in [2.24, 2.45) is 0 Å².